The Morgan fingerprint density at radius 1 is 0.308 bits per heavy atom. The van der Waals surface area contributed by atoms with Gasteiger partial charge in [0, 0.05) is 113 Å². The largest absolute Gasteiger partial charge is 0.393 e. The number of thiophene rings is 1. The fourth-order valence-electron chi connectivity index (χ4n) is 20.5. The SMILES string of the molecule is CC(O)CC(C)O.Cc1cc(-c2[c-]cccc2)ncn1.[Ir].c1cc(-c2cnc3c4ccccc4c4ccccc4c3n2)cc(-c2cccc3c2sc2ccccc23)c1.c1ccc(-c2ccc(N(c3ccccc3)c3ccc(-c4ccc5c(c4)c4ccccc4n5-c4ccccc4)cc3)cc2)cc1.c1ccc(-c2ccc(N(c3ccccc3)c3ccc(C4(c5ccccc5)c5ccccc5-c5ccccc54)cc3)cc2)cc1. The van der Waals surface area contributed by atoms with E-state index in [0.717, 1.165) is 84.1 Å². The molecule has 0 amide bonds. The Morgan fingerprint density at radius 2 is 0.719 bits per heavy atom. The van der Waals surface area contributed by atoms with Crippen molar-refractivity contribution in [3.05, 3.63) is 562 Å². The number of anilines is 6. The van der Waals surface area contributed by atoms with Crippen molar-refractivity contribution in [2.75, 3.05) is 9.80 Å². The van der Waals surface area contributed by atoms with E-state index in [1.165, 1.54) is 136 Å². The minimum absolute atomic E-state index is 0. The van der Waals surface area contributed by atoms with Gasteiger partial charge in [-0.15, -0.1) is 47.2 Å². The maximum absolute atomic E-state index is 8.56. The second kappa shape index (κ2) is 43.3. The van der Waals surface area contributed by atoms with Crippen LogP contribution in [0.15, 0.2) is 528 Å². The quantitative estimate of drug-likeness (QED) is 0.0686. The third kappa shape index (κ3) is 19.5. The number of fused-ring (bicyclic) bond motifs is 15. The zero-order chi connectivity index (χ0) is 97.9. The minimum atomic E-state index is -0.401. The molecule has 0 spiro atoms. The topological polar surface area (TPSA) is 103 Å². The third-order valence-corrected chi connectivity index (χ3v) is 28.3. The summed E-state index contributed by atoms with van der Waals surface area (Å²) in [6.45, 7) is 5.27. The van der Waals surface area contributed by atoms with E-state index in [0.29, 0.717) is 6.42 Å². The first-order chi connectivity index (χ1) is 71.5. The predicted octanol–water partition coefficient (Wildman–Crippen LogP) is 34.8. The fourth-order valence-corrected chi connectivity index (χ4v) is 21.8. The molecule has 2 N–H and O–H groups in total. The van der Waals surface area contributed by atoms with Crippen molar-refractivity contribution >= 4 is 120 Å². The zero-order valence-electron chi connectivity index (χ0n) is 80.9. The summed E-state index contributed by atoms with van der Waals surface area (Å²) in [6, 6.07) is 187. The predicted molar refractivity (Wildman–Crippen MR) is 608 cm³/mol. The van der Waals surface area contributed by atoms with E-state index in [-0.39, 0.29) is 32.3 Å². The number of hydrogen-bond donors (Lipinski definition) is 2. The van der Waals surface area contributed by atoms with Gasteiger partial charge in [-0.3, -0.25) is 9.97 Å². The first-order valence-electron chi connectivity index (χ1n) is 49.3. The van der Waals surface area contributed by atoms with Crippen LogP contribution in [0.3, 0.4) is 0 Å². The van der Waals surface area contributed by atoms with Gasteiger partial charge in [0.05, 0.1) is 51.6 Å². The van der Waals surface area contributed by atoms with Crippen molar-refractivity contribution < 1.29 is 30.3 Å². The monoisotopic (exact) mass is 2080 g/mol. The molecule has 11 heteroatoms. The molecule has 705 valence electrons. The second-order valence-corrected chi connectivity index (χ2v) is 37.6. The van der Waals surface area contributed by atoms with Gasteiger partial charge in [0.25, 0.3) is 0 Å². The summed E-state index contributed by atoms with van der Waals surface area (Å²) in [6.07, 6.45) is 3.22. The van der Waals surface area contributed by atoms with Crippen LogP contribution >= 0.6 is 11.3 Å². The molecule has 26 rings (SSSR count). The fraction of sp³-hybridized carbons (Fsp3) is 0.0519. The average molecular weight is 2080 g/mol. The Morgan fingerprint density at radius 3 is 1.27 bits per heavy atom. The molecular weight excluding hydrogens is 1980 g/mol. The summed E-state index contributed by atoms with van der Waals surface area (Å²) in [5, 5.41) is 27.0. The molecule has 25 aromatic rings. The number of hydrogen-bond acceptors (Lipinski definition) is 9. The number of aryl methyl sites for hydroxylation is 1. The molecule has 1 radical (unpaired) electrons. The van der Waals surface area contributed by atoms with E-state index in [9.17, 15) is 0 Å². The summed E-state index contributed by atoms with van der Waals surface area (Å²) in [5.41, 5.74) is 34.2. The number of nitrogens with zero attached hydrogens (tertiary/aromatic N) is 7. The Balaban J connectivity index is 0.000000117. The molecule has 0 saturated heterocycles. The molecule has 1 aliphatic carbocycles. The third-order valence-electron chi connectivity index (χ3n) is 27.1. The van der Waals surface area contributed by atoms with Crippen LogP contribution in [-0.4, -0.2) is 46.9 Å². The molecule has 4 heterocycles. The molecular formula is C135H102IrN7O2S-. The Bertz CT molecular complexity index is 8740. The molecule has 0 saturated carbocycles. The van der Waals surface area contributed by atoms with E-state index < -0.39 is 5.41 Å². The van der Waals surface area contributed by atoms with Crippen LogP contribution in [0.2, 0.25) is 0 Å². The van der Waals surface area contributed by atoms with Gasteiger partial charge in [0.2, 0.25) is 0 Å². The molecule has 146 heavy (non-hydrogen) atoms. The summed E-state index contributed by atoms with van der Waals surface area (Å²) in [7, 11) is 0. The van der Waals surface area contributed by atoms with Crippen LogP contribution in [0.4, 0.5) is 34.1 Å². The van der Waals surface area contributed by atoms with Gasteiger partial charge in [-0.1, -0.05) is 376 Å². The van der Waals surface area contributed by atoms with Gasteiger partial charge in [0.15, 0.2) is 0 Å². The molecule has 21 aromatic carbocycles. The van der Waals surface area contributed by atoms with E-state index in [4.69, 9.17) is 20.2 Å². The summed E-state index contributed by atoms with van der Waals surface area (Å²) >= 11 is 1.86. The maximum Gasteiger partial charge on any atom is 0.105 e. The molecule has 2 atom stereocenters. The van der Waals surface area contributed by atoms with Gasteiger partial charge in [-0.2, -0.15) is 0 Å². The average Bonchev–Trinajstić information content (AvgIpc) is 1.53. The molecule has 0 fully saturated rings. The molecule has 2 unspecified atom stereocenters. The molecule has 0 aliphatic heterocycles. The van der Waals surface area contributed by atoms with Gasteiger partial charge in [-0.05, 0) is 237 Å². The Hall–Kier alpha value is -17.3. The number of aromatic nitrogens is 5. The van der Waals surface area contributed by atoms with Crippen LogP contribution in [0, 0.1) is 13.0 Å². The van der Waals surface area contributed by atoms with Crippen molar-refractivity contribution in [1.82, 2.24) is 24.5 Å². The van der Waals surface area contributed by atoms with Crippen molar-refractivity contribution in [1.29, 1.82) is 0 Å². The standard InChI is InChI=1S/C43H31N.C42H30N2.C34H20N2S.C11H9N2.C5H12O2.Ir/c1-4-14-32(15-5-1)33-24-28-37(29-25-33)44(36-18-8-3-9-19-36)38-30-26-35(27-31-38)43(34-16-6-2-7-17-34)41-22-12-10-20-39(41)40-21-11-13-23-42(40)43;1-4-12-31(13-5-1)32-20-25-37(26-21-32)43(35-14-6-2-7-15-35)38-27-22-33(23-28-38)34-24-29-42-40(30-34)39-18-10-11-19-41(39)44(42)36-16-8-3-9-17-36;1-3-14-27-24(11-1)25-12-2-4-15-28(25)33-32(27)35-20-30(36-33)22-10-7-9-21(19-22)23-16-8-17-29-26-13-5-6-18-31(26)37-34(23)29;1-9-7-11(13-8-12-9)10-5-3-2-4-6-10;1-4(6)3-5(2)7;/h1-31H;1-30H;1-20H;2-5,7-8H,1H3;4-7H,3H2,1-2H3;/q;;;-1;;. The van der Waals surface area contributed by atoms with E-state index in [1.807, 2.05) is 54.8 Å². The van der Waals surface area contributed by atoms with Crippen LogP contribution in [0.25, 0.3) is 158 Å². The molecule has 4 aromatic heterocycles. The number of para-hydroxylation sites is 4. The van der Waals surface area contributed by atoms with Gasteiger partial charge < -0.3 is 24.6 Å². The van der Waals surface area contributed by atoms with E-state index in [1.54, 1.807) is 20.2 Å². The molecule has 0 bridgehead atoms. The van der Waals surface area contributed by atoms with Crippen LogP contribution in [-0.2, 0) is 25.5 Å². The number of benzene rings is 21. The molecule has 1 aliphatic rings. The normalized spacial score (nSPS) is 12.0. The summed E-state index contributed by atoms with van der Waals surface area (Å²) in [4.78, 5) is 23.0. The van der Waals surface area contributed by atoms with Crippen molar-refractivity contribution in [3.63, 3.8) is 0 Å². The van der Waals surface area contributed by atoms with Crippen molar-refractivity contribution in [2.24, 2.45) is 0 Å². The molecule has 9 nitrogen and oxygen atoms in total. The Kier molecular flexibility index (Phi) is 28.2. The number of rotatable bonds is 17. The van der Waals surface area contributed by atoms with Gasteiger partial charge >= 0.3 is 0 Å². The van der Waals surface area contributed by atoms with Crippen molar-refractivity contribution in [2.45, 2.75) is 44.8 Å². The van der Waals surface area contributed by atoms with Crippen molar-refractivity contribution in [3.8, 4) is 83.8 Å². The van der Waals surface area contributed by atoms with Gasteiger partial charge in [0.1, 0.15) is 6.33 Å². The maximum atomic E-state index is 8.56. The first-order valence-corrected chi connectivity index (χ1v) is 50.1. The first kappa shape index (κ1) is 95.0. The van der Waals surface area contributed by atoms with Crippen LogP contribution in [0.1, 0.15) is 48.2 Å². The van der Waals surface area contributed by atoms with Gasteiger partial charge in [-0.25, -0.2) is 9.97 Å². The summed E-state index contributed by atoms with van der Waals surface area (Å²) < 4.78 is 5.00. The smallest absolute Gasteiger partial charge is 0.105 e. The number of aliphatic hydroxyl groups is 2. The zero-order valence-corrected chi connectivity index (χ0v) is 84.1. The minimum Gasteiger partial charge on any atom is -0.393 e. The van der Waals surface area contributed by atoms with Crippen LogP contribution in [0.5, 0.6) is 0 Å². The second-order valence-electron chi connectivity index (χ2n) is 36.5. The number of aliphatic hydroxyl groups excluding tert-OH is 2. The summed E-state index contributed by atoms with van der Waals surface area (Å²) in [5.74, 6) is 0. The van der Waals surface area contributed by atoms with E-state index in [2.05, 4.69) is 516 Å². The van der Waals surface area contributed by atoms with Crippen LogP contribution < -0.4 is 9.80 Å². The van der Waals surface area contributed by atoms with E-state index >= 15 is 0 Å². The Labute approximate surface area is 868 Å².